The van der Waals surface area contributed by atoms with Crippen LogP contribution in [0.1, 0.15) is 12.6 Å². The van der Waals surface area contributed by atoms with E-state index in [1.807, 2.05) is 13.0 Å². The van der Waals surface area contributed by atoms with Crippen LogP contribution in [0.3, 0.4) is 0 Å². The lowest BCUT2D eigenvalue weighted by molar-refractivity contribution is 1.18. The summed E-state index contributed by atoms with van der Waals surface area (Å²) in [5, 5.41) is 0.956. The minimum Gasteiger partial charge on any atom is -0.264 e. The molecule has 0 unspecified atom stereocenters. The fraction of sp³-hybridized carbons (Fsp3) is 0.100. The van der Waals surface area contributed by atoms with Crippen molar-refractivity contribution in [1.29, 1.82) is 0 Å². The van der Waals surface area contributed by atoms with E-state index in [1.165, 1.54) is 0 Å². The van der Waals surface area contributed by atoms with Crippen LogP contribution in [0.5, 0.6) is 0 Å². The Bertz CT molecular complexity index is 457. The van der Waals surface area contributed by atoms with Gasteiger partial charge in [0.25, 0.3) is 0 Å². The molecule has 0 saturated carbocycles. The summed E-state index contributed by atoms with van der Waals surface area (Å²) in [5.41, 5.74) is 2.71. The number of hydrogen-bond donors (Lipinski definition) is 0. The van der Waals surface area contributed by atoms with Gasteiger partial charge in [-0.1, -0.05) is 6.58 Å². The first kappa shape index (κ1) is 7.86. The molecule has 0 amide bonds. The highest BCUT2D eigenvalue weighted by Crippen LogP contribution is 2.18. The maximum absolute atomic E-state index is 4.16. The fourth-order valence-electron chi connectivity index (χ4n) is 1.24. The summed E-state index contributed by atoms with van der Waals surface area (Å²) in [5.74, 6) is 0. The monoisotopic (exact) mass is 171 g/mol. The first-order valence-corrected chi connectivity index (χ1v) is 3.99. The predicted octanol–water partition coefficient (Wildman–Crippen LogP) is 2.06. The maximum Gasteiger partial charge on any atom is 0.116 e. The molecule has 2 heterocycles. The summed E-state index contributed by atoms with van der Waals surface area (Å²) in [6, 6.07) is 1.86. The van der Waals surface area contributed by atoms with Crippen molar-refractivity contribution in [2.24, 2.45) is 0 Å². The molecule has 0 N–H and O–H groups in total. The SMILES string of the molecule is C=C(C)c1ncnc2ccncc12. The largest absolute Gasteiger partial charge is 0.264 e. The fourth-order valence-corrected chi connectivity index (χ4v) is 1.24. The molecule has 0 saturated heterocycles. The van der Waals surface area contributed by atoms with Crippen molar-refractivity contribution in [2.75, 3.05) is 0 Å². The number of allylic oxidation sites excluding steroid dienone is 1. The smallest absolute Gasteiger partial charge is 0.116 e. The highest BCUT2D eigenvalue weighted by molar-refractivity contribution is 5.87. The molecule has 13 heavy (non-hydrogen) atoms. The second kappa shape index (κ2) is 2.94. The summed E-state index contributed by atoms with van der Waals surface area (Å²) in [6.45, 7) is 5.78. The Balaban J connectivity index is 2.83. The number of hydrogen-bond acceptors (Lipinski definition) is 3. The number of nitrogens with zero attached hydrogens (tertiary/aromatic N) is 3. The van der Waals surface area contributed by atoms with Crippen molar-refractivity contribution in [3.05, 3.63) is 37.1 Å². The van der Waals surface area contributed by atoms with Gasteiger partial charge in [-0.2, -0.15) is 0 Å². The van der Waals surface area contributed by atoms with Crippen molar-refractivity contribution in [2.45, 2.75) is 6.92 Å². The van der Waals surface area contributed by atoms with Crippen molar-refractivity contribution in [3.8, 4) is 0 Å². The first-order valence-electron chi connectivity index (χ1n) is 3.99. The zero-order valence-corrected chi connectivity index (χ0v) is 7.36. The molecule has 0 atom stereocenters. The van der Waals surface area contributed by atoms with Crippen molar-refractivity contribution in [1.82, 2.24) is 15.0 Å². The molecule has 2 rings (SSSR count). The van der Waals surface area contributed by atoms with Gasteiger partial charge in [0.1, 0.15) is 6.33 Å². The van der Waals surface area contributed by atoms with Crippen molar-refractivity contribution < 1.29 is 0 Å². The van der Waals surface area contributed by atoms with Crippen LogP contribution in [0.2, 0.25) is 0 Å². The van der Waals surface area contributed by atoms with Gasteiger partial charge in [0.15, 0.2) is 0 Å². The van der Waals surface area contributed by atoms with Crippen molar-refractivity contribution in [3.63, 3.8) is 0 Å². The van der Waals surface area contributed by atoms with Gasteiger partial charge in [0.05, 0.1) is 11.2 Å². The van der Waals surface area contributed by atoms with E-state index in [4.69, 9.17) is 0 Å². The Morgan fingerprint density at radius 3 is 3.00 bits per heavy atom. The van der Waals surface area contributed by atoms with E-state index in [0.717, 1.165) is 22.2 Å². The van der Waals surface area contributed by atoms with Crippen molar-refractivity contribution >= 4 is 16.5 Å². The summed E-state index contributed by atoms with van der Waals surface area (Å²) in [7, 11) is 0. The Labute approximate surface area is 76.2 Å². The van der Waals surface area contributed by atoms with Gasteiger partial charge in [0.2, 0.25) is 0 Å². The lowest BCUT2D eigenvalue weighted by Gasteiger charge is -2.01. The van der Waals surface area contributed by atoms with Crippen LogP contribution < -0.4 is 0 Å². The molecule has 0 fully saturated rings. The molecule has 0 aliphatic rings. The maximum atomic E-state index is 4.16. The van der Waals surface area contributed by atoms with Gasteiger partial charge in [-0.15, -0.1) is 0 Å². The third kappa shape index (κ3) is 1.28. The zero-order valence-electron chi connectivity index (χ0n) is 7.36. The molecule has 0 aliphatic heterocycles. The molecular formula is C10H9N3. The summed E-state index contributed by atoms with van der Waals surface area (Å²) in [4.78, 5) is 12.3. The first-order chi connectivity index (χ1) is 6.29. The standard InChI is InChI=1S/C10H9N3/c1-7(2)10-8-5-11-4-3-9(8)12-6-13-10/h3-6H,1H2,2H3. The highest BCUT2D eigenvalue weighted by Gasteiger charge is 2.02. The molecule has 0 aliphatic carbocycles. The molecule has 64 valence electrons. The Morgan fingerprint density at radius 1 is 1.38 bits per heavy atom. The quantitative estimate of drug-likeness (QED) is 0.659. The van der Waals surface area contributed by atoms with E-state index in [2.05, 4.69) is 21.5 Å². The molecule has 2 aromatic heterocycles. The third-order valence-corrected chi connectivity index (χ3v) is 1.84. The average molecular weight is 171 g/mol. The summed E-state index contributed by atoms with van der Waals surface area (Å²) in [6.07, 6.45) is 5.03. The van der Waals surface area contributed by atoms with E-state index in [0.29, 0.717) is 0 Å². The van der Waals surface area contributed by atoms with Crippen LogP contribution in [-0.2, 0) is 0 Å². The molecule has 3 heteroatoms. The lowest BCUT2D eigenvalue weighted by Crippen LogP contribution is -1.90. The van der Waals surface area contributed by atoms with E-state index in [1.54, 1.807) is 18.7 Å². The van der Waals surface area contributed by atoms with Crippen LogP contribution in [0.25, 0.3) is 16.5 Å². The van der Waals surface area contributed by atoms with Gasteiger partial charge in [-0.05, 0) is 18.6 Å². The highest BCUT2D eigenvalue weighted by atomic mass is 14.8. The van der Waals surface area contributed by atoms with Gasteiger partial charge in [-0.3, -0.25) is 4.98 Å². The number of rotatable bonds is 1. The predicted molar refractivity (Wildman–Crippen MR) is 52.0 cm³/mol. The minimum atomic E-state index is 0.873. The van der Waals surface area contributed by atoms with Crippen LogP contribution in [0, 0.1) is 0 Å². The van der Waals surface area contributed by atoms with Crippen LogP contribution in [0.4, 0.5) is 0 Å². The molecule has 2 aromatic rings. The second-order valence-corrected chi connectivity index (χ2v) is 2.90. The number of aromatic nitrogens is 3. The average Bonchev–Trinajstić information content (AvgIpc) is 2.17. The van der Waals surface area contributed by atoms with Crippen LogP contribution >= 0.6 is 0 Å². The zero-order chi connectivity index (χ0) is 9.26. The van der Waals surface area contributed by atoms with Gasteiger partial charge in [0, 0.05) is 17.8 Å². The minimum absolute atomic E-state index is 0.873. The Morgan fingerprint density at radius 2 is 2.23 bits per heavy atom. The number of fused-ring (bicyclic) bond motifs is 1. The topological polar surface area (TPSA) is 38.7 Å². The molecular weight excluding hydrogens is 162 g/mol. The summed E-state index contributed by atoms with van der Waals surface area (Å²) < 4.78 is 0. The molecule has 0 spiro atoms. The van der Waals surface area contributed by atoms with Crippen LogP contribution in [0.15, 0.2) is 31.4 Å². The van der Waals surface area contributed by atoms with Gasteiger partial charge < -0.3 is 0 Å². The Kier molecular flexibility index (Phi) is 1.77. The van der Waals surface area contributed by atoms with Gasteiger partial charge >= 0.3 is 0 Å². The van der Waals surface area contributed by atoms with E-state index in [9.17, 15) is 0 Å². The van der Waals surface area contributed by atoms with Gasteiger partial charge in [-0.25, -0.2) is 9.97 Å². The molecule has 0 radical (unpaired) electrons. The van der Waals surface area contributed by atoms with E-state index >= 15 is 0 Å². The molecule has 0 bridgehead atoms. The lowest BCUT2D eigenvalue weighted by atomic mass is 10.1. The van der Waals surface area contributed by atoms with E-state index in [-0.39, 0.29) is 0 Å². The summed E-state index contributed by atoms with van der Waals surface area (Å²) >= 11 is 0. The Hall–Kier alpha value is -1.77. The third-order valence-electron chi connectivity index (χ3n) is 1.84. The van der Waals surface area contributed by atoms with E-state index < -0.39 is 0 Å². The van der Waals surface area contributed by atoms with Crippen LogP contribution in [-0.4, -0.2) is 15.0 Å². The number of pyridine rings is 1. The second-order valence-electron chi connectivity index (χ2n) is 2.90. The molecule has 3 nitrogen and oxygen atoms in total. The normalized spacial score (nSPS) is 10.2. The molecule has 0 aromatic carbocycles.